The average Bonchev–Trinajstić information content (AvgIpc) is 2.64. The maximum atomic E-state index is 11.7. The number of aryl methyl sites for hydroxylation is 1. The Bertz CT molecular complexity index is 522. The molecule has 0 heterocycles. The minimum absolute atomic E-state index is 0.318. The zero-order chi connectivity index (χ0) is 19.2. The number of carbonyl (C=O) groups is 1. The number of rotatable bonds is 15. The van der Waals surface area contributed by atoms with Gasteiger partial charge < -0.3 is 9.84 Å². The van der Waals surface area contributed by atoms with Gasteiger partial charge in [-0.3, -0.25) is 0 Å². The standard InChI is InChI=1S/C23H38O3/c1-4-7-9-11-12-14-18-26-22-20(15-13-10-8-5-2)19(6-3)16-17-21(22)23(24)25/h16-17H,4-15,18H2,1-3H3,(H,24,25). The highest BCUT2D eigenvalue weighted by molar-refractivity contribution is 5.91. The molecule has 0 saturated heterocycles. The van der Waals surface area contributed by atoms with E-state index in [2.05, 4.69) is 20.8 Å². The van der Waals surface area contributed by atoms with Gasteiger partial charge in [-0.1, -0.05) is 78.2 Å². The fourth-order valence-corrected chi connectivity index (χ4v) is 3.39. The lowest BCUT2D eigenvalue weighted by Crippen LogP contribution is -2.09. The number of unbranched alkanes of at least 4 members (excludes halogenated alkanes) is 8. The van der Waals surface area contributed by atoms with Crippen LogP contribution in [-0.4, -0.2) is 17.7 Å². The van der Waals surface area contributed by atoms with Gasteiger partial charge in [-0.15, -0.1) is 0 Å². The van der Waals surface area contributed by atoms with E-state index in [1.807, 2.05) is 6.07 Å². The monoisotopic (exact) mass is 362 g/mol. The van der Waals surface area contributed by atoms with Crippen LogP contribution in [0.1, 0.15) is 106 Å². The average molecular weight is 363 g/mol. The number of carboxylic acids is 1. The summed E-state index contributed by atoms with van der Waals surface area (Å²) >= 11 is 0. The Balaban J connectivity index is 2.77. The molecule has 0 amide bonds. The number of ether oxygens (including phenoxy) is 1. The van der Waals surface area contributed by atoms with E-state index in [-0.39, 0.29) is 0 Å². The van der Waals surface area contributed by atoms with Gasteiger partial charge in [0.05, 0.1) is 6.61 Å². The molecule has 0 aliphatic heterocycles. The molecule has 148 valence electrons. The van der Waals surface area contributed by atoms with E-state index < -0.39 is 5.97 Å². The molecular weight excluding hydrogens is 324 g/mol. The second kappa shape index (κ2) is 13.7. The van der Waals surface area contributed by atoms with Gasteiger partial charge in [0.15, 0.2) is 0 Å². The summed E-state index contributed by atoms with van der Waals surface area (Å²) in [4.78, 5) is 11.7. The lowest BCUT2D eigenvalue weighted by molar-refractivity contribution is 0.0692. The van der Waals surface area contributed by atoms with Crippen LogP contribution in [0.15, 0.2) is 12.1 Å². The van der Waals surface area contributed by atoms with Crippen molar-refractivity contribution >= 4 is 5.97 Å². The Labute approximate surface area is 160 Å². The van der Waals surface area contributed by atoms with Crippen molar-refractivity contribution in [2.75, 3.05) is 6.61 Å². The number of aromatic carboxylic acids is 1. The molecule has 26 heavy (non-hydrogen) atoms. The highest BCUT2D eigenvalue weighted by Gasteiger charge is 2.18. The zero-order valence-electron chi connectivity index (χ0n) is 17.1. The summed E-state index contributed by atoms with van der Waals surface area (Å²) in [7, 11) is 0. The first-order valence-corrected chi connectivity index (χ1v) is 10.7. The molecule has 0 aliphatic rings. The first kappa shape index (κ1) is 22.5. The van der Waals surface area contributed by atoms with E-state index in [0.29, 0.717) is 17.9 Å². The van der Waals surface area contributed by atoms with Crippen LogP contribution in [0.4, 0.5) is 0 Å². The third-order valence-corrected chi connectivity index (χ3v) is 4.99. The molecular formula is C23H38O3. The summed E-state index contributed by atoms with van der Waals surface area (Å²) in [6.07, 6.45) is 13.8. The van der Waals surface area contributed by atoms with E-state index in [9.17, 15) is 9.90 Å². The molecule has 3 nitrogen and oxygen atoms in total. The summed E-state index contributed by atoms with van der Waals surface area (Å²) in [6.45, 7) is 7.17. The highest BCUT2D eigenvalue weighted by Crippen LogP contribution is 2.30. The van der Waals surface area contributed by atoms with Crippen LogP contribution in [-0.2, 0) is 12.8 Å². The van der Waals surface area contributed by atoms with Crippen LogP contribution in [0.2, 0.25) is 0 Å². The first-order valence-electron chi connectivity index (χ1n) is 10.7. The molecule has 1 rings (SSSR count). The first-order chi connectivity index (χ1) is 12.7. The van der Waals surface area contributed by atoms with Gasteiger partial charge in [0.1, 0.15) is 11.3 Å². The van der Waals surface area contributed by atoms with Crippen LogP contribution in [0.5, 0.6) is 5.75 Å². The van der Waals surface area contributed by atoms with Crippen LogP contribution in [0, 0.1) is 0 Å². The maximum Gasteiger partial charge on any atom is 0.339 e. The topological polar surface area (TPSA) is 46.5 Å². The lowest BCUT2D eigenvalue weighted by atomic mass is 9.95. The molecule has 0 saturated carbocycles. The van der Waals surface area contributed by atoms with Crippen molar-refractivity contribution in [2.24, 2.45) is 0 Å². The molecule has 0 bridgehead atoms. The summed E-state index contributed by atoms with van der Waals surface area (Å²) < 4.78 is 6.05. The summed E-state index contributed by atoms with van der Waals surface area (Å²) in [5.74, 6) is -0.262. The van der Waals surface area contributed by atoms with Crippen molar-refractivity contribution < 1.29 is 14.6 Å². The molecule has 0 atom stereocenters. The molecule has 0 fully saturated rings. The molecule has 0 spiro atoms. The summed E-state index contributed by atoms with van der Waals surface area (Å²) in [6, 6.07) is 3.68. The SMILES string of the molecule is CCCCCCCCOc1c(C(=O)O)ccc(CC)c1CCCCCC. The van der Waals surface area contributed by atoms with Crippen molar-refractivity contribution in [3.63, 3.8) is 0 Å². The van der Waals surface area contributed by atoms with Crippen molar-refractivity contribution in [2.45, 2.75) is 97.8 Å². The minimum atomic E-state index is -0.889. The Kier molecular flexibility index (Phi) is 11.8. The summed E-state index contributed by atoms with van der Waals surface area (Å²) in [5, 5.41) is 9.58. The smallest absolute Gasteiger partial charge is 0.339 e. The van der Waals surface area contributed by atoms with Gasteiger partial charge in [0.2, 0.25) is 0 Å². The third-order valence-electron chi connectivity index (χ3n) is 4.99. The van der Waals surface area contributed by atoms with Gasteiger partial charge >= 0.3 is 5.97 Å². The largest absolute Gasteiger partial charge is 0.492 e. The predicted octanol–water partition coefficient (Wildman–Crippen LogP) is 6.81. The second-order valence-electron chi connectivity index (χ2n) is 7.17. The second-order valence-corrected chi connectivity index (χ2v) is 7.17. The number of benzene rings is 1. The van der Waals surface area contributed by atoms with Gasteiger partial charge in [0.25, 0.3) is 0 Å². The molecule has 1 aromatic carbocycles. The van der Waals surface area contributed by atoms with Crippen LogP contribution < -0.4 is 4.74 Å². The van der Waals surface area contributed by atoms with E-state index >= 15 is 0 Å². The van der Waals surface area contributed by atoms with Gasteiger partial charge in [-0.2, -0.15) is 0 Å². The number of hydrogen-bond donors (Lipinski definition) is 1. The Morgan fingerprint density at radius 2 is 1.50 bits per heavy atom. The van der Waals surface area contributed by atoms with Crippen molar-refractivity contribution in [3.8, 4) is 5.75 Å². The fourth-order valence-electron chi connectivity index (χ4n) is 3.39. The molecule has 1 aromatic rings. The van der Waals surface area contributed by atoms with Crippen molar-refractivity contribution in [1.29, 1.82) is 0 Å². The minimum Gasteiger partial charge on any atom is -0.492 e. The number of carboxylic acid groups (broad SMARTS) is 1. The van der Waals surface area contributed by atoms with E-state index in [1.54, 1.807) is 6.07 Å². The Morgan fingerprint density at radius 1 is 0.885 bits per heavy atom. The highest BCUT2D eigenvalue weighted by atomic mass is 16.5. The summed E-state index contributed by atoms with van der Waals surface area (Å²) in [5.41, 5.74) is 2.66. The quantitative estimate of drug-likeness (QED) is 0.349. The Hall–Kier alpha value is -1.51. The van der Waals surface area contributed by atoms with Crippen LogP contribution in [0.25, 0.3) is 0 Å². The van der Waals surface area contributed by atoms with E-state index in [4.69, 9.17) is 4.74 Å². The van der Waals surface area contributed by atoms with Gasteiger partial charge in [-0.25, -0.2) is 4.79 Å². The normalized spacial score (nSPS) is 10.9. The lowest BCUT2D eigenvalue weighted by Gasteiger charge is -2.18. The van der Waals surface area contributed by atoms with Crippen molar-refractivity contribution in [1.82, 2.24) is 0 Å². The van der Waals surface area contributed by atoms with E-state index in [0.717, 1.165) is 37.7 Å². The fraction of sp³-hybridized carbons (Fsp3) is 0.696. The van der Waals surface area contributed by atoms with Crippen LogP contribution >= 0.6 is 0 Å². The van der Waals surface area contributed by atoms with E-state index in [1.165, 1.54) is 50.5 Å². The molecule has 0 unspecified atom stereocenters. The molecule has 1 N–H and O–H groups in total. The van der Waals surface area contributed by atoms with Gasteiger partial charge in [0, 0.05) is 0 Å². The molecule has 0 aliphatic carbocycles. The predicted molar refractivity (Wildman–Crippen MR) is 109 cm³/mol. The molecule has 0 radical (unpaired) electrons. The molecule has 0 aromatic heterocycles. The zero-order valence-corrected chi connectivity index (χ0v) is 17.1. The number of hydrogen-bond acceptors (Lipinski definition) is 2. The Morgan fingerprint density at radius 3 is 2.12 bits per heavy atom. The maximum absolute atomic E-state index is 11.7. The van der Waals surface area contributed by atoms with Crippen molar-refractivity contribution in [3.05, 3.63) is 28.8 Å². The van der Waals surface area contributed by atoms with Gasteiger partial charge in [-0.05, 0) is 42.9 Å². The van der Waals surface area contributed by atoms with Crippen LogP contribution in [0.3, 0.4) is 0 Å². The third kappa shape index (κ3) is 7.80. The molecule has 3 heteroatoms.